The van der Waals surface area contributed by atoms with Crippen LogP contribution in [0.15, 0.2) is 23.9 Å². The van der Waals surface area contributed by atoms with E-state index in [0.717, 1.165) is 11.8 Å². The van der Waals surface area contributed by atoms with Crippen molar-refractivity contribution in [2.75, 3.05) is 7.05 Å². The first-order valence-corrected chi connectivity index (χ1v) is 5.95. The molecule has 0 saturated heterocycles. The Kier molecular flexibility index (Phi) is 3.28. The molecule has 0 saturated carbocycles. The lowest BCUT2D eigenvalue weighted by molar-refractivity contribution is 0.373. The van der Waals surface area contributed by atoms with Crippen molar-refractivity contribution < 1.29 is 0 Å². The van der Waals surface area contributed by atoms with Gasteiger partial charge in [-0.15, -0.1) is 0 Å². The van der Waals surface area contributed by atoms with Crippen LogP contribution >= 0.6 is 0 Å². The highest BCUT2D eigenvalue weighted by Crippen LogP contribution is 2.33. The zero-order valence-corrected chi connectivity index (χ0v) is 9.13. The molecule has 0 aromatic heterocycles. The minimum atomic E-state index is 0.808. The summed E-state index contributed by atoms with van der Waals surface area (Å²) < 4.78 is 0. The molecule has 1 nitrogen and oxygen atoms in total. The maximum Gasteiger partial charge on any atom is 0.00665 e. The normalized spacial score (nSPS) is 32.5. The fourth-order valence-electron chi connectivity index (χ4n) is 2.69. The summed E-state index contributed by atoms with van der Waals surface area (Å²) in [6, 6.07) is 0. The SMILES string of the molecule is CNC1=CC(C2C=CCCC2)CCC1. The highest BCUT2D eigenvalue weighted by molar-refractivity contribution is 5.10. The predicted octanol–water partition coefficient (Wildman–Crippen LogP) is 3.25. The Morgan fingerprint density at radius 3 is 2.79 bits per heavy atom. The van der Waals surface area contributed by atoms with Gasteiger partial charge in [0.15, 0.2) is 0 Å². The van der Waals surface area contributed by atoms with Gasteiger partial charge in [0.05, 0.1) is 0 Å². The first-order chi connectivity index (χ1) is 6.90. The molecule has 1 heteroatoms. The lowest BCUT2D eigenvalue weighted by Gasteiger charge is -2.28. The lowest BCUT2D eigenvalue weighted by Crippen LogP contribution is -2.19. The summed E-state index contributed by atoms with van der Waals surface area (Å²) in [5.41, 5.74) is 1.46. The van der Waals surface area contributed by atoms with Crippen LogP contribution in [0, 0.1) is 11.8 Å². The van der Waals surface area contributed by atoms with E-state index in [9.17, 15) is 0 Å². The first kappa shape index (κ1) is 9.82. The second-order valence-corrected chi connectivity index (χ2v) is 4.52. The number of allylic oxidation sites excluding steroid dienone is 4. The molecular formula is C13H21N. The lowest BCUT2D eigenvalue weighted by atomic mass is 9.79. The molecule has 1 N–H and O–H groups in total. The summed E-state index contributed by atoms with van der Waals surface area (Å²) in [4.78, 5) is 0. The Hall–Kier alpha value is -0.720. The van der Waals surface area contributed by atoms with E-state index in [-0.39, 0.29) is 0 Å². The molecule has 0 amide bonds. The summed E-state index contributed by atoms with van der Waals surface area (Å²) in [7, 11) is 2.05. The van der Waals surface area contributed by atoms with Crippen LogP contribution in [-0.2, 0) is 0 Å². The molecule has 2 rings (SSSR count). The fraction of sp³-hybridized carbons (Fsp3) is 0.692. The Bertz CT molecular complexity index is 240. The third-order valence-electron chi connectivity index (χ3n) is 3.56. The van der Waals surface area contributed by atoms with Crippen molar-refractivity contribution in [3.63, 3.8) is 0 Å². The largest absolute Gasteiger partial charge is 0.392 e. The summed E-state index contributed by atoms with van der Waals surface area (Å²) in [6.45, 7) is 0. The van der Waals surface area contributed by atoms with Gasteiger partial charge in [-0.05, 0) is 50.4 Å². The summed E-state index contributed by atoms with van der Waals surface area (Å²) in [5, 5.41) is 3.31. The van der Waals surface area contributed by atoms with Crippen LogP contribution in [0.2, 0.25) is 0 Å². The topological polar surface area (TPSA) is 12.0 Å². The Morgan fingerprint density at radius 1 is 1.21 bits per heavy atom. The number of hydrogen-bond donors (Lipinski definition) is 1. The van der Waals surface area contributed by atoms with Crippen molar-refractivity contribution >= 4 is 0 Å². The van der Waals surface area contributed by atoms with Gasteiger partial charge in [0.1, 0.15) is 0 Å². The van der Waals surface area contributed by atoms with Gasteiger partial charge in [0.2, 0.25) is 0 Å². The van der Waals surface area contributed by atoms with Crippen LogP contribution in [0.25, 0.3) is 0 Å². The van der Waals surface area contributed by atoms with Crippen molar-refractivity contribution in [2.24, 2.45) is 11.8 Å². The van der Waals surface area contributed by atoms with Crippen molar-refractivity contribution in [1.82, 2.24) is 5.32 Å². The van der Waals surface area contributed by atoms with Gasteiger partial charge >= 0.3 is 0 Å². The molecule has 0 aliphatic heterocycles. The van der Waals surface area contributed by atoms with Crippen LogP contribution in [-0.4, -0.2) is 7.05 Å². The number of nitrogens with one attached hydrogen (secondary N) is 1. The van der Waals surface area contributed by atoms with Crippen molar-refractivity contribution in [2.45, 2.75) is 38.5 Å². The molecule has 0 fully saturated rings. The van der Waals surface area contributed by atoms with E-state index < -0.39 is 0 Å². The Labute approximate surface area is 87.3 Å². The molecule has 78 valence electrons. The minimum Gasteiger partial charge on any atom is -0.392 e. The zero-order valence-electron chi connectivity index (χ0n) is 9.13. The fourth-order valence-corrected chi connectivity index (χ4v) is 2.69. The van der Waals surface area contributed by atoms with Gasteiger partial charge in [-0.1, -0.05) is 18.2 Å². The second-order valence-electron chi connectivity index (χ2n) is 4.52. The molecule has 2 unspecified atom stereocenters. The first-order valence-electron chi connectivity index (χ1n) is 5.95. The molecular weight excluding hydrogens is 170 g/mol. The highest BCUT2D eigenvalue weighted by Gasteiger charge is 2.21. The second kappa shape index (κ2) is 4.68. The molecule has 14 heavy (non-hydrogen) atoms. The third kappa shape index (κ3) is 2.20. The maximum absolute atomic E-state index is 3.31. The van der Waals surface area contributed by atoms with E-state index in [2.05, 4.69) is 23.5 Å². The summed E-state index contributed by atoms with van der Waals surface area (Å²) in [5.74, 6) is 1.63. The van der Waals surface area contributed by atoms with Crippen LogP contribution in [0.3, 0.4) is 0 Å². The average molecular weight is 191 g/mol. The molecule has 0 radical (unpaired) electrons. The maximum atomic E-state index is 3.31. The van der Waals surface area contributed by atoms with Gasteiger partial charge in [0.25, 0.3) is 0 Å². The zero-order chi connectivity index (χ0) is 9.80. The van der Waals surface area contributed by atoms with Gasteiger partial charge in [-0.25, -0.2) is 0 Å². The highest BCUT2D eigenvalue weighted by atomic mass is 14.8. The quantitative estimate of drug-likeness (QED) is 0.661. The Balaban J connectivity index is 2.02. The van der Waals surface area contributed by atoms with Crippen molar-refractivity contribution in [1.29, 1.82) is 0 Å². The predicted molar refractivity (Wildman–Crippen MR) is 61.0 cm³/mol. The van der Waals surface area contributed by atoms with Crippen molar-refractivity contribution in [3.8, 4) is 0 Å². The van der Waals surface area contributed by atoms with Gasteiger partial charge in [-0.2, -0.15) is 0 Å². The molecule has 0 aromatic rings. The van der Waals surface area contributed by atoms with Gasteiger partial charge in [0, 0.05) is 12.7 Å². The van der Waals surface area contributed by atoms with E-state index in [4.69, 9.17) is 0 Å². The molecule has 2 atom stereocenters. The van der Waals surface area contributed by atoms with E-state index in [1.54, 1.807) is 0 Å². The third-order valence-corrected chi connectivity index (χ3v) is 3.56. The van der Waals surface area contributed by atoms with E-state index in [1.807, 2.05) is 7.05 Å². The smallest absolute Gasteiger partial charge is 0.00665 e. The summed E-state index contributed by atoms with van der Waals surface area (Å²) >= 11 is 0. The average Bonchev–Trinajstić information content (AvgIpc) is 2.30. The molecule has 0 aromatic carbocycles. The van der Waals surface area contributed by atoms with Crippen LogP contribution in [0.1, 0.15) is 38.5 Å². The Morgan fingerprint density at radius 2 is 2.07 bits per heavy atom. The standard InChI is InChI=1S/C13H21N/c1-14-13-9-5-8-12(10-13)11-6-3-2-4-7-11/h3,6,10-12,14H,2,4-5,7-9H2,1H3. The summed E-state index contributed by atoms with van der Waals surface area (Å²) in [6.07, 6.45) is 15.4. The molecule has 0 bridgehead atoms. The van der Waals surface area contributed by atoms with Gasteiger partial charge < -0.3 is 5.32 Å². The monoisotopic (exact) mass is 191 g/mol. The number of rotatable bonds is 2. The van der Waals surface area contributed by atoms with E-state index in [1.165, 1.54) is 44.2 Å². The molecule has 0 heterocycles. The van der Waals surface area contributed by atoms with E-state index in [0.29, 0.717) is 0 Å². The van der Waals surface area contributed by atoms with Gasteiger partial charge in [-0.3, -0.25) is 0 Å². The van der Waals surface area contributed by atoms with Crippen molar-refractivity contribution in [3.05, 3.63) is 23.9 Å². The molecule has 2 aliphatic rings. The number of hydrogen-bond acceptors (Lipinski definition) is 1. The van der Waals surface area contributed by atoms with E-state index >= 15 is 0 Å². The van der Waals surface area contributed by atoms with Crippen LogP contribution < -0.4 is 5.32 Å². The molecule has 2 aliphatic carbocycles. The minimum absolute atomic E-state index is 0.808. The molecule has 0 spiro atoms. The van der Waals surface area contributed by atoms with Crippen LogP contribution in [0.5, 0.6) is 0 Å². The van der Waals surface area contributed by atoms with Crippen LogP contribution in [0.4, 0.5) is 0 Å².